The molecule has 1 amide bonds. The Morgan fingerprint density at radius 2 is 2.20 bits per heavy atom. The van der Waals surface area contributed by atoms with E-state index in [-0.39, 0.29) is 19.1 Å². The van der Waals surface area contributed by atoms with Crippen LogP contribution in [0.2, 0.25) is 0 Å². The number of carbonyl (C=O) groups is 1. The minimum Gasteiger partial charge on any atom is -0.497 e. The number of carbonyl (C=O) groups excluding carboxylic acids is 1. The summed E-state index contributed by atoms with van der Waals surface area (Å²) in [6, 6.07) is 6.47. The van der Waals surface area contributed by atoms with Gasteiger partial charge in [0.05, 0.1) is 26.5 Å². The molecule has 1 saturated heterocycles. The minimum absolute atomic E-state index is 0.121. The molecular formula is C20H26N4O6. The molecule has 2 heterocycles. The highest BCUT2D eigenvalue weighted by molar-refractivity contribution is 5.73. The number of aliphatic hydroxyl groups excluding tert-OH is 2. The summed E-state index contributed by atoms with van der Waals surface area (Å²) in [5, 5.41) is 31.9. The van der Waals surface area contributed by atoms with Crippen molar-refractivity contribution >= 4 is 5.91 Å². The molecule has 1 aliphatic heterocycles. The second-order valence-electron chi connectivity index (χ2n) is 6.93. The monoisotopic (exact) mass is 418 g/mol. The van der Waals surface area contributed by atoms with E-state index in [1.54, 1.807) is 13.3 Å². The molecule has 1 aliphatic rings. The second kappa shape index (κ2) is 9.81. The second-order valence-corrected chi connectivity index (χ2v) is 6.93. The number of amides is 1. The highest BCUT2D eigenvalue weighted by atomic mass is 16.7. The Hall–Kier alpha value is -2.79. The Labute approximate surface area is 174 Å². The van der Waals surface area contributed by atoms with E-state index in [2.05, 4.69) is 22.2 Å². The van der Waals surface area contributed by atoms with E-state index in [0.717, 1.165) is 5.56 Å². The van der Waals surface area contributed by atoms with Gasteiger partial charge in [-0.3, -0.25) is 4.79 Å². The van der Waals surface area contributed by atoms with Gasteiger partial charge in [-0.1, -0.05) is 23.4 Å². The van der Waals surface area contributed by atoms with E-state index in [1.807, 2.05) is 24.3 Å². The number of benzene rings is 1. The van der Waals surface area contributed by atoms with E-state index in [4.69, 9.17) is 14.2 Å². The number of hydrogen-bond acceptors (Lipinski definition) is 8. The van der Waals surface area contributed by atoms with Crippen LogP contribution in [0.5, 0.6) is 5.75 Å². The summed E-state index contributed by atoms with van der Waals surface area (Å²) in [4.78, 5) is 11.5. The fourth-order valence-electron chi connectivity index (χ4n) is 3.26. The molecule has 3 rings (SSSR count). The lowest BCUT2D eigenvalue weighted by Gasteiger charge is -2.42. The molecule has 1 aromatic heterocycles. The van der Waals surface area contributed by atoms with Crippen molar-refractivity contribution < 1.29 is 29.2 Å². The lowest BCUT2D eigenvalue weighted by atomic mass is 9.96. The fourth-order valence-corrected chi connectivity index (χ4v) is 3.26. The van der Waals surface area contributed by atoms with Crippen LogP contribution in [-0.4, -0.2) is 75.5 Å². The molecule has 30 heavy (non-hydrogen) atoms. The standard InChI is InChI=1S/C20H26N4O6/c1-4-8-29-20-17(21-12(2)25)19(27)18(26)16(30-20)11-24-10-15(22-23-24)13-6-5-7-14(9-13)28-3/h4-7,9-10,16-20,26-27H,1,8,11H2,2-3H3,(H,21,25)/t16-,17-,18+,19-,20+/m1/s1. The van der Waals surface area contributed by atoms with Gasteiger partial charge in [-0.05, 0) is 12.1 Å². The molecule has 0 saturated carbocycles. The van der Waals surface area contributed by atoms with Gasteiger partial charge < -0.3 is 29.7 Å². The summed E-state index contributed by atoms with van der Waals surface area (Å²) >= 11 is 0. The number of aromatic nitrogens is 3. The smallest absolute Gasteiger partial charge is 0.217 e. The van der Waals surface area contributed by atoms with E-state index in [1.165, 1.54) is 17.7 Å². The third-order valence-electron chi connectivity index (χ3n) is 4.72. The van der Waals surface area contributed by atoms with Gasteiger partial charge in [0, 0.05) is 12.5 Å². The Balaban J connectivity index is 1.74. The number of ether oxygens (including phenoxy) is 3. The van der Waals surface area contributed by atoms with Crippen LogP contribution in [0.15, 0.2) is 43.1 Å². The molecule has 0 spiro atoms. The van der Waals surface area contributed by atoms with E-state index in [0.29, 0.717) is 11.4 Å². The molecule has 0 aliphatic carbocycles. The van der Waals surface area contributed by atoms with Crippen molar-refractivity contribution in [1.82, 2.24) is 20.3 Å². The molecule has 0 radical (unpaired) electrons. The zero-order valence-electron chi connectivity index (χ0n) is 16.8. The van der Waals surface area contributed by atoms with Gasteiger partial charge in [0.25, 0.3) is 0 Å². The van der Waals surface area contributed by atoms with Gasteiger partial charge >= 0.3 is 0 Å². The van der Waals surface area contributed by atoms with E-state index >= 15 is 0 Å². The Kier molecular flexibility index (Phi) is 7.16. The first kappa shape index (κ1) is 21.9. The summed E-state index contributed by atoms with van der Waals surface area (Å²) in [6.45, 7) is 5.17. The third kappa shape index (κ3) is 5.03. The summed E-state index contributed by atoms with van der Waals surface area (Å²) in [5.74, 6) is 0.321. The van der Waals surface area contributed by atoms with Crippen LogP contribution >= 0.6 is 0 Å². The van der Waals surface area contributed by atoms with E-state index < -0.39 is 30.6 Å². The number of nitrogens with zero attached hydrogens (tertiary/aromatic N) is 3. The highest BCUT2D eigenvalue weighted by Gasteiger charge is 2.45. The van der Waals surface area contributed by atoms with E-state index in [9.17, 15) is 15.0 Å². The van der Waals surface area contributed by atoms with Gasteiger partial charge in [-0.15, -0.1) is 11.7 Å². The first-order valence-electron chi connectivity index (χ1n) is 9.48. The van der Waals surface area contributed by atoms with Crippen LogP contribution in [0.3, 0.4) is 0 Å². The Morgan fingerprint density at radius 3 is 2.90 bits per heavy atom. The lowest BCUT2D eigenvalue weighted by Crippen LogP contribution is -2.64. The molecule has 2 aromatic rings. The number of methoxy groups -OCH3 is 1. The summed E-state index contributed by atoms with van der Waals surface area (Å²) in [6.07, 6.45) is -1.12. The molecule has 162 valence electrons. The van der Waals surface area contributed by atoms with Gasteiger partial charge in [-0.2, -0.15) is 0 Å². The van der Waals surface area contributed by atoms with Gasteiger partial charge in [0.1, 0.15) is 35.8 Å². The summed E-state index contributed by atoms with van der Waals surface area (Å²) in [5.41, 5.74) is 1.44. The Bertz CT molecular complexity index is 872. The summed E-state index contributed by atoms with van der Waals surface area (Å²) < 4.78 is 18.1. The predicted molar refractivity (Wildman–Crippen MR) is 106 cm³/mol. The molecule has 1 aromatic carbocycles. The van der Waals surface area contributed by atoms with Crippen LogP contribution in [0.25, 0.3) is 11.3 Å². The quantitative estimate of drug-likeness (QED) is 0.516. The van der Waals surface area contributed by atoms with Gasteiger partial charge in [-0.25, -0.2) is 4.68 Å². The number of aliphatic hydroxyl groups is 2. The van der Waals surface area contributed by atoms with Gasteiger partial charge in [0.15, 0.2) is 6.29 Å². The molecular weight excluding hydrogens is 392 g/mol. The van der Waals surface area contributed by atoms with Crippen LogP contribution in [0.4, 0.5) is 0 Å². The maximum atomic E-state index is 11.5. The SMILES string of the molecule is C=CCO[C@H]1O[C@H](Cn2cc(-c3cccc(OC)c3)nn2)[C@H](O)[C@H](O)[C@H]1NC(C)=O. The molecule has 0 bridgehead atoms. The molecule has 10 nitrogen and oxygen atoms in total. The molecule has 3 N–H and O–H groups in total. The van der Waals surface area contributed by atoms with Crippen LogP contribution < -0.4 is 10.1 Å². The van der Waals surface area contributed by atoms with Gasteiger partial charge in [0.2, 0.25) is 5.91 Å². The average Bonchev–Trinajstić information content (AvgIpc) is 3.21. The van der Waals surface area contributed by atoms with Crippen molar-refractivity contribution in [2.45, 2.75) is 44.1 Å². The van der Waals surface area contributed by atoms with Crippen LogP contribution in [-0.2, 0) is 20.8 Å². The first-order valence-corrected chi connectivity index (χ1v) is 9.48. The van der Waals surface area contributed by atoms with Crippen molar-refractivity contribution in [3.8, 4) is 17.0 Å². The molecule has 1 fully saturated rings. The first-order chi connectivity index (χ1) is 14.4. The molecule has 0 unspecified atom stereocenters. The number of rotatable bonds is 8. The number of nitrogens with one attached hydrogen (secondary N) is 1. The van der Waals surface area contributed by atoms with Crippen LogP contribution in [0, 0.1) is 0 Å². The third-order valence-corrected chi connectivity index (χ3v) is 4.72. The van der Waals surface area contributed by atoms with Crippen molar-refractivity contribution in [3.05, 3.63) is 43.1 Å². The van der Waals surface area contributed by atoms with Crippen molar-refractivity contribution in [2.75, 3.05) is 13.7 Å². The largest absolute Gasteiger partial charge is 0.497 e. The normalized spacial score (nSPS) is 26.2. The Morgan fingerprint density at radius 1 is 1.40 bits per heavy atom. The summed E-state index contributed by atoms with van der Waals surface area (Å²) in [7, 11) is 1.59. The fraction of sp³-hybridized carbons (Fsp3) is 0.450. The number of hydrogen-bond donors (Lipinski definition) is 3. The van der Waals surface area contributed by atoms with Crippen molar-refractivity contribution in [3.63, 3.8) is 0 Å². The average molecular weight is 418 g/mol. The topological polar surface area (TPSA) is 128 Å². The maximum absolute atomic E-state index is 11.5. The molecule has 5 atom stereocenters. The highest BCUT2D eigenvalue weighted by Crippen LogP contribution is 2.25. The van der Waals surface area contributed by atoms with Crippen molar-refractivity contribution in [1.29, 1.82) is 0 Å². The maximum Gasteiger partial charge on any atom is 0.217 e. The zero-order valence-corrected chi connectivity index (χ0v) is 16.8. The molecule has 10 heteroatoms. The zero-order chi connectivity index (χ0) is 21.7. The lowest BCUT2D eigenvalue weighted by molar-refractivity contribution is -0.264. The van der Waals surface area contributed by atoms with Crippen molar-refractivity contribution in [2.24, 2.45) is 0 Å². The predicted octanol–water partition coefficient (Wildman–Crippen LogP) is 0.108. The van der Waals surface area contributed by atoms with Crippen LogP contribution in [0.1, 0.15) is 6.92 Å². The minimum atomic E-state index is -1.29.